The van der Waals surface area contributed by atoms with Crippen LogP contribution in [0.4, 0.5) is 0 Å². The van der Waals surface area contributed by atoms with Crippen LogP contribution in [0.3, 0.4) is 0 Å². The molecule has 0 atom stereocenters. The summed E-state index contributed by atoms with van der Waals surface area (Å²) in [5.41, 5.74) is 9.50. The summed E-state index contributed by atoms with van der Waals surface area (Å²) in [6.07, 6.45) is 0.361. The molecular weight excluding hydrogens is 324 g/mol. The van der Waals surface area contributed by atoms with Gasteiger partial charge < -0.3 is 9.90 Å². The van der Waals surface area contributed by atoms with Gasteiger partial charge in [-0.25, -0.2) is 0 Å². The molecule has 0 fully saturated rings. The first-order valence-corrected chi connectivity index (χ1v) is 4.51. The van der Waals surface area contributed by atoms with Crippen molar-refractivity contribution >= 4 is 50.1 Å². The molecule has 7 N–H and O–H groups in total. The van der Waals surface area contributed by atoms with Crippen LogP contribution < -0.4 is 27.5 Å². The molecule has 14 heavy (non-hydrogen) atoms. The summed E-state index contributed by atoms with van der Waals surface area (Å²) in [6.45, 7) is 0. The quantitative estimate of drug-likeness (QED) is 0.102. The van der Waals surface area contributed by atoms with Gasteiger partial charge in [-0.15, -0.1) is 0 Å². The Hall–Kier alpha value is -1.09. The zero-order valence-electron chi connectivity index (χ0n) is 6.79. The second-order valence-corrected chi connectivity index (χ2v) is 3.31. The number of rotatable bonds is 2. The fourth-order valence-corrected chi connectivity index (χ4v) is 0.405. The Morgan fingerprint density at radius 3 is 1.79 bits per heavy atom. The van der Waals surface area contributed by atoms with Crippen LogP contribution in [0.5, 0.6) is 0 Å². The lowest BCUT2D eigenvalue weighted by Gasteiger charge is -1.97. The normalized spacial score (nSPS) is 10.1. The number of carbonyl (C=O) groups excluding carboxylic acids is 2. The van der Waals surface area contributed by atoms with Crippen molar-refractivity contribution in [3.8, 4) is 0 Å². The molecular formula is C5H8Br2N4O3. The van der Waals surface area contributed by atoms with Gasteiger partial charge in [0.2, 0.25) is 0 Å². The molecule has 0 bridgehead atoms. The molecule has 0 aliphatic carbocycles. The molecule has 0 saturated heterocycles. The van der Waals surface area contributed by atoms with Crippen LogP contribution in [0.2, 0.25) is 0 Å². The van der Waals surface area contributed by atoms with Gasteiger partial charge in [0.1, 0.15) is 0 Å². The van der Waals surface area contributed by atoms with Crippen LogP contribution >= 0.6 is 31.9 Å². The number of nitrogens with two attached hydrogens (primary N) is 3. The molecule has 0 aliphatic rings. The van der Waals surface area contributed by atoms with Crippen molar-refractivity contribution in [2.45, 2.75) is 0 Å². The molecule has 0 aromatic rings. The first-order chi connectivity index (χ1) is 6.36. The maximum Gasteiger partial charge on any atom is 0.360 e. The molecule has 0 aromatic carbocycles. The Kier molecular flexibility index (Phi) is 9.35. The summed E-state index contributed by atoms with van der Waals surface area (Å²) in [4.78, 5) is 19.7. The fraction of sp³-hybridized carbons (Fsp3) is 0. The summed E-state index contributed by atoms with van der Waals surface area (Å²) >= 11 is 5.29. The Labute approximate surface area is 96.3 Å². The van der Waals surface area contributed by atoms with Gasteiger partial charge in [-0.3, -0.25) is 22.1 Å². The van der Waals surface area contributed by atoms with Gasteiger partial charge in [0.25, 0.3) is 0 Å². The van der Waals surface area contributed by atoms with E-state index in [0.717, 1.165) is 0 Å². The standard InChI is InChI=1S/C4H2Br2O3.CH6N4/c5-2(1-7)3(6)4(8)9;2-1(3)5-4/h1H,(H,8,9);4H2,(H4,2,3,5)/b3-2-;. The third kappa shape index (κ3) is 9.00. The van der Waals surface area contributed by atoms with E-state index in [0.29, 0.717) is 6.29 Å². The van der Waals surface area contributed by atoms with Crippen LogP contribution in [-0.4, -0.2) is 18.2 Å². The highest BCUT2D eigenvalue weighted by molar-refractivity contribution is 9.14. The summed E-state index contributed by atoms with van der Waals surface area (Å²) in [5, 5.41) is 11.9. The maximum atomic E-state index is 9.89. The molecule has 0 heterocycles. The Balaban J connectivity index is 0. The number of aliphatic carboxylic acids is 1. The average molecular weight is 332 g/mol. The monoisotopic (exact) mass is 330 g/mol. The number of guanidine groups is 1. The van der Waals surface area contributed by atoms with Crippen LogP contribution in [0.1, 0.15) is 0 Å². The molecule has 0 unspecified atom stereocenters. The third-order valence-corrected chi connectivity index (χ3v) is 2.53. The van der Waals surface area contributed by atoms with E-state index < -0.39 is 5.97 Å². The van der Waals surface area contributed by atoms with Crippen LogP contribution in [0, 0.1) is 0 Å². The van der Waals surface area contributed by atoms with E-state index in [1.165, 1.54) is 0 Å². The Morgan fingerprint density at radius 2 is 1.71 bits per heavy atom. The number of carboxylic acid groups (broad SMARTS) is 1. The lowest BCUT2D eigenvalue weighted by atomic mass is 10.5. The van der Waals surface area contributed by atoms with Crippen molar-refractivity contribution in [1.82, 2.24) is 0 Å². The zero-order chi connectivity index (χ0) is 11.7. The minimum atomic E-state index is -1.42. The molecule has 0 aliphatic heterocycles. The lowest BCUT2D eigenvalue weighted by Crippen LogP contribution is -2.84. The second kappa shape index (κ2) is 8.51. The Morgan fingerprint density at radius 1 is 1.36 bits per heavy atom. The van der Waals surface area contributed by atoms with E-state index in [9.17, 15) is 14.7 Å². The van der Waals surface area contributed by atoms with Crippen molar-refractivity contribution in [2.24, 2.45) is 17.3 Å². The van der Waals surface area contributed by atoms with Gasteiger partial charge in [-0.05, 0) is 31.9 Å². The molecule has 0 spiro atoms. The number of aldehydes is 1. The largest absolute Gasteiger partial charge is 0.544 e. The van der Waals surface area contributed by atoms with Crippen LogP contribution in [0.15, 0.2) is 8.96 Å². The average Bonchev–Trinajstić information content (AvgIpc) is 2.16. The van der Waals surface area contributed by atoms with Crippen molar-refractivity contribution in [2.75, 3.05) is 0 Å². The smallest absolute Gasteiger partial charge is 0.360 e. The van der Waals surface area contributed by atoms with E-state index in [2.05, 4.69) is 37.7 Å². The lowest BCUT2D eigenvalue weighted by molar-refractivity contribution is -0.471. The predicted molar refractivity (Wildman–Crippen MR) is 54.5 cm³/mol. The summed E-state index contributed by atoms with van der Waals surface area (Å²) in [7, 11) is 0. The number of allylic oxidation sites excluding steroid dienone is 1. The van der Waals surface area contributed by atoms with E-state index in [1.54, 1.807) is 0 Å². The number of hydrazone groups is 1. The highest BCUT2D eigenvalue weighted by Gasteiger charge is 1.98. The van der Waals surface area contributed by atoms with Crippen molar-refractivity contribution in [3.05, 3.63) is 8.96 Å². The number of hydrogen-bond acceptors (Lipinski definition) is 4. The summed E-state index contributed by atoms with van der Waals surface area (Å²) < 4.78 is -0.347. The Bertz CT molecular complexity index is 272. The second-order valence-electron chi connectivity index (χ2n) is 1.67. The topological polar surface area (TPSA) is 149 Å². The number of halogens is 2. The van der Waals surface area contributed by atoms with Gasteiger partial charge in [-0.2, -0.15) is 5.10 Å². The summed E-state index contributed by atoms with van der Waals surface area (Å²) in [6, 6.07) is 0. The van der Waals surface area contributed by atoms with E-state index in [1.807, 2.05) is 5.10 Å². The SMILES string of the molecule is N[NH+]=C(N)N.O=C/C(Br)=C(/Br)C(=O)[O-]. The van der Waals surface area contributed by atoms with Crippen molar-refractivity contribution in [1.29, 1.82) is 0 Å². The number of nitrogens with one attached hydrogen (secondary N) is 1. The van der Waals surface area contributed by atoms with E-state index in [-0.39, 0.29) is 14.9 Å². The minimum Gasteiger partial charge on any atom is -0.544 e. The van der Waals surface area contributed by atoms with Crippen LogP contribution in [-0.2, 0) is 9.59 Å². The number of carbonyl (C=O) groups is 2. The first kappa shape index (κ1) is 15.4. The van der Waals surface area contributed by atoms with Gasteiger partial charge in [0, 0.05) is 0 Å². The molecule has 0 amide bonds. The molecule has 7 nitrogen and oxygen atoms in total. The van der Waals surface area contributed by atoms with Gasteiger partial charge in [-0.1, -0.05) is 0 Å². The fourth-order valence-electron chi connectivity index (χ4n) is 0.149. The van der Waals surface area contributed by atoms with Crippen LogP contribution in [0.25, 0.3) is 0 Å². The summed E-state index contributed by atoms with van der Waals surface area (Å²) in [5.74, 6) is 3.24. The van der Waals surface area contributed by atoms with Gasteiger partial charge in [0.05, 0.1) is 14.9 Å². The maximum absolute atomic E-state index is 9.89. The highest BCUT2D eigenvalue weighted by atomic mass is 79.9. The predicted octanol–water partition coefficient (Wildman–Crippen LogP) is -3.85. The molecule has 80 valence electrons. The van der Waals surface area contributed by atoms with Gasteiger partial charge in [0.15, 0.2) is 6.29 Å². The first-order valence-electron chi connectivity index (χ1n) is 2.93. The van der Waals surface area contributed by atoms with E-state index >= 15 is 0 Å². The van der Waals surface area contributed by atoms with E-state index in [4.69, 9.17) is 11.5 Å². The molecule has 9 heteroatoms. The number of hydrogen-bond donors (Lipinski definition) is 4. The molecule has 0 radical (unpaired) electrons. The third-order valence-electron chi connectivity index (χ3n) is 0.659. The molecule has 0 saturated carbocycles. The van der Waals surface area contributed by atoms with Gasteiger partial charge >= 0.3 is 5.96 Å². The highest BCUT2D eigenvalue weighted by Crippen LogP contribution is 2.14. The number of hydrazine groups is 1. The zero-order valence-corrected chi connectivity index (χ0v) is 9.96. The van der Waals surface area contributed by atoms with Crippen molar-refractivity contribution < 1.29 is 19.8 Å². The molecule has 0 aromatic heterocycles. The minimum absolute atomic E-state index is 0.0324. The van der Waals surface area contributed by atoms with Crippen molar-refractivity contribution in [3.63, 3.8) is 0 Å². The molecule has 0 rings (SSSR count). The number of carboxylic acids is 1.